The van der Waals surface area contributed by atoms with Gasteiger partial charge in [-0.05, 0) is 12.1 Å². The highest BCUT2D eigenvalue weighted by Gasteiger charge is 2.50. The summed E-state index contributed by atoms with van der Waals surface area (Å²) in [5, 5.41) is 11.3. The van der Waals surface area contributed by atoms with E-state index in [1.54, 1.807) is 0 Å². The summed E-state index contributed by atoms with van der Waals surface area (Å²) >= 11 is 1.27. The van der Waals surface area contributed by atoms with Gasteiger partial charge < -0.3 is 24.8 Å². The van der Waals surface area contributed by atoms with Crippen molar-refractivity contribution >= 4 is 36.0 Å². The number of carboxylic acid groups (broad SMARTS) is 1. The molecule has 2 aliphatic rings. The molecular formula is C16H14N2O7S. The molecule has 1 unspecified atom stereocenters. The maximum Gasteiger partial charge on any atom is 0.333 e. The third kappa shape index (κ3) is 3.10. The van der Waals surface area contributed by atoms with E-state index >= 15 is 0 Å². The lowest BCUT2D eigenvalue weighted by Crippen LogP contribution is -2.68. The Morgan fingerprint density at radius 1 is 1.42 bits per heavy atom. The molecule has 0 bridgehead atoms. The van der Waals surface area contributed by atoms with E-state index < -0.39 is 17.9 Å². The fourth-order valence-corrected chi connectivity index (χ4v) is 3.89. The Labute approximate surface area is 151 Å². The number of carbonyl (C=O) groups excluding carboxylic acids is 3. The van der Waals surface area contributed by atoms with Gasteiger partial charge in [-0.1, -0.05) is 0 Å². The first-order chi connectivity index (χ1) is 12.5. The van der Waals surface area contributed by atoms with Crippen LogP contribution >= 0.6 is 11.8 Å². The molecule has 0 aromatic heterocycles. The molecule has 1 aromatic rings. The Kier molecular flexibility index (Phi) is 4.85. The van der Waals surface area contributed by atoms with Crippen molar-refractivity contribution in [3.05, 3.63) is 35.5 Å². The van der Waals surface area contributed by atoms with Crippen LogP contribution in [0.3, 0.4) is 0 Å². The smallest absolute Gasteiger partial charge is 0.333 e. The molecule has 2 amide bonds. The van der Waals surface area contributed by atoms with Gasteiger partial charge in [-0.3, -0.25) is 14.4 Å². The molecule has 10 heteroatoms. The zero-order valence-corrected chi connectivity index (χ0v) is 14.3. The molecule has 0 aliphatic carbocycles. The highest BCUT2D eigenvalue weighted by atomic mass is 32.2. The van der Waals surface area contributed by atoms with Crippen LogP contribution in [-0.2, 0) is 14.4 Å². The molecule has 2 heterocycles. The van der Waals surface area contributed by atoms with Crippen molar-refractivity contribution in [3.8, 4) is 11.5 Å². The van der Waals surface area contributed by atoms with Gasteiger partial charge in [0.25, 0.3) is 18.3 Å². The molecule has 9 nitrogen and oxygen atoms in total. The zero-order valence-electron chi connectivity index (χ0n) is 13.5. The second-order valence-electron chi connectivity index (χ2n) is 5.43. The molecule has 26 heavy (non-hydrogen) atoms. The van der Waals surface area contributed by atoms with Crippen molar-refractivity contribution in [2.45, 2.75) is 11.4 Å². The number of hydrogen-bond donors (Lipinski definition) is 2. The number of methoxy groups -OCH3 is 1. The predicted octanol–water partition coefficient (Wildman–Crippen LogP) is 0.212. The first-order valence-corrected chi connectivity index (χ1v) is 8.48. The summed E-state index contributed by atoms with van der Waals surface area (Å²) in [5.74, 6) is -1.32. The first-order valence-electron chi connectivity index (χ1n) is 7.43. The number of hydrogen-bond acceptors (Lipinski definition) is 7. The summed E-state index contributed by atoms with van der Waals surface area (Å²) < 4.78 is 9.83. The van der Waals surface area contributed by atoms with E-state index in [4.69, 9.17) is 14.6 Å². The lowest BCUT2D eigenvalue weighted by molar-refractivity contribution is -0.141. The second kappa shape index (κ2) is 7.08. The number of β-lactam (4-membered cyclic amide) rings is 1. The van der Waals surface area contributed by atoms with Gasteiger partial charge in [-0.25, -0.2) is 4.79 Å². The van der Waals surface area contributed by atoms with E-state index in [2.05, 4.69) is 5.32 Å². The topological polar surface area (TPSA) is 122 Å². The van der Waals surface area contributed by atoms with Gasteiger partial charge in [0, 0.05) is 18.0 Å². The van der Waals surface area contributed by atoms with E-state index in [0.29, 0.717) is 0 Å². The average Bonchev–Trinajstić information content (AvgIpc) is 2.65. The fourth-order valence-electron chi connectivity index (χ4n) is 2.64. The van der Waals surface area contributed by atoms with Crippen molar-refractivity contribution in [2.75, 3.05) is 12.9 Å². The molecule has 136 valence electrons. The van der Waals surface area contributed by atoms with Gasteiger partial charge in [-0.15, -0.1) is 11.8 Å². The SMILES string of the molecule is COc1cc(OC=O)ccc1C(=O)NC1C(=O)N2C=C(C(=O)O)CS[C@H]12. The Bertz CT molecular complexity index is 823. The highest BCUT2D eigenvalue weighted by molar-refractivity contribution is 8.00. The summed E-state index contributed by atoms with van der Waals surface area (Å²) in [5.41, 5.74) is 0.316. The van der Waals surface area contributed by atoms with Crippen LogP contribution in [0.1, 0.15) is 10.4 Å². The Morgan fingerprint density at radius 2 is 2.19 bits per heavy atom. The minimum Gasteiger partial charge on any atom is -0.496 e. The van der Waals surface area contributed by atoms with Crippen LogP contribution < -0.4 is 14.8 Å². The molecule has 1 aromatic carbocycles. The van der Waals surface area contributed by atoms with Gasteiger partial charge in [0.15, 0.2) is 0 Å². The lowest BCUT2D eigenvalue weighted by atomic mass is 10.1. The Morgan fingerprint density at radius 3 is 2.85 bits per heavy atom. The van der Waals surface area contributed by atoms with Gasteiger partial charge in [0.05, 0.1) is 18.2 Å². The Balaban J connectivity index is 1.73. The average molecular weight is 378 g/mol. The van der Waals surface area contributed by atoms with E-state index in [9.17, 15) is 19.2 Å². The number of amides is 2. The number of nitrogens with one attached hydrogen (secondary N) is 1. The maximum atomic E-state index is 12.5. The quantitative estimate of drug-likeness (QED) is 0.532. The maximum absolute atomic E-state index is 12.5. The number of nitrogens with zero attached hydrogens (tertiary/aromatic N) is 1. The third-order valence-electron chi connectivity index (χ3n) is 3.95. The van der Waals surface area contributed by atoms with Gasteiger partial charge in [0.1, 0.15) is 22.9 Å². The number of rotatable bonds is 6. The molecule has 0 radical (unpaired) electrons. The first kappa shape index (κ1) is 17.8. The number of ether oxygens (including phenoxy) is 2. The van der Waals surface area contributed by atoms with Crippen LogP contribution in [0, 0.1) is 0 Å². The molecule has 1 fully saturated rings. The summed E-state index contributed by atoms with van der Waals surface area (Å²) in [7, 11) is 1.36. The summed E-state index contributed by atoms with van der Waals surface area (Å²) in [6.45, 7) is 0.259. The zero-order chi connectivity index (χ0) is 18.8. The van der Waals surface area contributed by atoms with Crippen molar-refractivity contribution in [1.29, 1.82) is 0 Å². The van der Waals surface area contributed by atoms with Crippen LogP contribution in [0.2, 0.25) is 0 Å². The number of thioether (sulfide) groups is 1. The van der Waals surface area contributed by atoms with E-state index in [1.807, 2.05) is 0 Å². The number of fused-ring (bicyclic) bond motifs is 1. The third-order valence-corrected chi connectivity index (χ3v) is 5.27. The molecule has 0 spiro atoms. The highest BCUT2D eigenvalue weighted by Crippen LogP contribution is 2.36. The number of aliphatic carboxylic acids is 1. The molecule has 2 atom stereocenters. The molecule has 2 aliphatic heterocycles. The van der Waals surface area contributed by atoms with Crippen LogP contribution in [0.5, 0.6) is 11.5 Å². The van der Waals surface area contributed by atoms with Crippen molar-refractivity contribution < 1.29 is 33.8 Å². The normalized spacial score (nSPS) is 21.0. The van der Waals surface area contributed by atoms with Crippen LogP contribution in [0.15, 0.2) is 30.0 Å². The molecule has 1 saturated heterocycles. The molecule has 3 rings (SSSR count). The minimum atomic E-state index is -1.07. The van der Waals surface area contributed by atoms with E-state index in [1.165, 1.54) is 48.2 Å². The van der Waals surface area contributed by atoms with E-state index in [0.717, 1.165) is 0 Å². The number of benzene rings is 1. The van der Waals surface area contributed by atoms with Crippen molar-refractivity contribution in [3.63, 3.8) is 0 Å². The molecule has 2 N–H and O–H groups in total. The van der Waals surface area contributed by atoms with E-state index in [-0.39, 0.29) is 46.1 Å². The summed E-state index contributed by atoms with van der Waals surface area (Å²) in [6, 6.07) is 3.48. The van der Waals surface area contributed by atoms with Crippen LogP contribution in [0.4, 0.5) is 0 Å². The standard InChI is InChI=1S/C16H14N2O7S/c1-24-11-4-9(25-7-19)2-3-10(11)13(20)17-12-14(21)18-5-8(16(22)23)6-26-15(12)18/h2-5,7,12,15H,6H2,1H3,(H,17,20)(H,22,23)/t12?,15-/m1/s1. The van der Waals surface area contributed by atoms with Gasteiger partial charge in [0.2, 0.25) is 0 Å². The second-order valence-corrected chi connectivity index (χ2v) is 6.54. The van der Waals surface area contributed by atoms with Gasteiger partial charge in [-0.2, -0.15) is 0 Å². The van der Waals surface area contributed by atoms with Crippen molar-refractivity contribution in [1.82, 2.24) is 10.2 Å². The summed E-state index contributed by atoms with van der Waals surface area (Å²) in [4.78, 5) is 47.4. The molecule has 0 saturated carbocycles. The summed E-state index contributed by atoms with van der Waals surface area (Å²) in [6.07, 6.45) is 1.31. The van der Waals surface area contributed by atoms with Crippen LogP contribution in [-0.4, -0.2) is 58.5 Å². The number of carbonyl (C=O) groups is 4. The van der Waals surface area contributed by atoms with Crippen LogP contribution in [0.25, 0.3) is 0 Å². The minimum absolute atomic E-state index is 0.136. The predicted molar refractivity (Wildman–Crippen MR) is 89.8 cm³/mol. The monoisotopic (exact) mass is 378 g/mol. The fraction of sp³-hybridized carbons (Fsp3) is 0.250. The Hall–Kier alpha value is -3.01. The number of carboxylic acids is 1. The largest absolute Gasteiger partial charge is 0.496 e. The van der Waals surface area contributed by atoms with Crippen molar-refractivity contribution in [2.24, 2.45) is 0 Å². The lowest BCUT2D eigenvalue weighted by Gasteiger charge is -2.47. The van der Waals surface area contributed by atoms with Gasteiger partial charge >= 0.3 is 5.97 Å². The molecular weight excluding hydrogens is 364 g/mol.